The molecule has 10 heteroatoms. The molecular weight excluding hydrogens is 484 g/mol. The molecule has 1 aliphatic rings. The van der Waals surface area contributed by atoms with Gasteiger partial charge >= 0.3 is 0 Å². The number of anilines is 2. The minimum atomic E-state index is -0.591. The van der Waals surface area contributed by atoms with Gasteiger partial charge in [0.05, 0.1) is 38.3 Å². The minimum absolute atomic E-state index is 0.284. The van der Waals surface area contributed by atoms with E-state index in [1.54, 1.807) is 43.4 Å². The summed E-state index contributed by atoms with van der Waals surface area (Å²) in [5.41, 5.74) is 3.33. The van der Waals surface area contributed by atoms with Gasteiger partial charge in [0.25, 0.3) is 5.91 Å². The van der Waals surface area contributed by atoms with Crippen LogP contribution in [-0.4, -0.2) is 46.5 Å². The number of nitrogens with one attached hydrogen (secondary N) is 2. The Balaban J connectivity index is 1.61. The van der Waals surface area contributed by atoms with Crippen molar-refractivity contribution < 1.29 is 19.0 Å². The number of benzene rings is 2. The third-order valence-electron chi connectivity index (χ3n) is 6.17. The number of carbonyl (C=O) groups excluding carboxylic acids is 1. The van der Waals surface area contributed by atoms with Crippen LogP contribution in [-0.2, 0) is 4.79 Å². The van der Waals surface area contributed by atoms with Gasteiger partial charge in [0.15, 0.2) is 17.3 Å². The second-order valence-corrected chi connectivity index (χ2v) is 8.54. The van der Waals surface area contributed by atoms with E-state index in [4.69, 9.17) is 24.3 Å². The van der Waals surface area contributed by atoms with Crippen LogP contribution in [0.5, 0.6) is 17.2 Å². The highest BCUT2D eigenvalue weighted by Gasteiger charge is 2.35. The van der Waals surface area contributed by atoms with Crippen molar-refractivity contribution in [1.82, 2.24) is 19.7 Å². The molecule has 0 aliphatic carbocycles. The number of aromatic nitrogens is 4. The van der Waals surface area contributed by atoms with Gasteiger partial charge in [0, 0.05) is 17.5 Å². The van der Waals surface area contributed by atoms with E-state index in [0.29, 0.717) is 46.8 Å². The SMILES string of the molecule is CCOc1ccc(C2C(C(=O)Nc3cccnc3)=C(C)Nc3nc(-c4ccc(OC)cc4)nn32)cc1OC. The number of nitrogens with zero attached hydrogens (tertiary/aromatic N) is 4. The quantitative estimate of drug-likeness (QED) is 0.350. The zero-order valence-corrected chi connectivity index (χ0v) is 21.6. The fourth-order valence-corrected chi connectivity index (χ4v) is 4.38. The van der Waals surface area contributed by atoms with Crippen LogP contribution in [0.15, 0.2) is 78.3 Å². The average molecular weight is 513 g/mol. The number of carbonyl (C=O) groups is 1. The molecule has 194 valence electrons. The molecule has 2 aromatic heterocycles. The number of hydrogen-bond donors (Lipinski definition) is 2. The third-order valence-corrected chi connectivity index (χ3v) is 6.17. The summed E-state index contributed by atoms with van der Waals surface area (Å²) in [6, 6.07) is 16.1. The molecule has 0 bridgehead atoms. The lowest BCUT2D eigenvalue weighted by Crippen LogP contribution is -2.31. The van der Waals surface area contributed by atoms with Crippen LogP contribution in [0.25, 0.3) is 11.4 Å². The van der Waals surface area contributed by atoms with Crippen molar-refractivity contribution in [1.29, 1.82) is 0 Å². The fourth-order valence-electron chi connectivity index (χ4n) is 4.38. The van der Waals surface area contributed by atoms with Crippen LogP contribution >= 0.6 is 0 Å². The minimum Gasteiger partial charge on any atom is -0.497 e. The predicted molar refractivity (Wildman–Crippen MR) is 144 cm³/mol. The molecule has 2 N–H and O–H groups in total. The third kappa shape index (κ3) is 4.75. The molecule has 0 spiro atoms. The largest absolute Gasteiger partial charge is 0.497 e. The number of rotatable bonds is 8. The number of fused-ring (bicyclic) bond motifs is 1. The molecule has 0 fully saturated rings. The van der Waals surface area contributed by atoms with E-state index in [0.717, 1.165) is 16.9 Å². The highest BCUT2D eigenvalue weighted by Crippen LogP contribution is 2.40. The van der Waals surface area contributed by atoms with Crippen LogP contribution in [0.2, 0.25) is 0 Å². The normalized spacial score (nSPS) is 14.4. The fraction of sp³-hybridized carbons (Fsp3) is 0.214. The molecule has 1 aliphatic heterocycles. The molecule has 10 nitrogen and oxygen atoms in total. The zero-order chi connectivity index (χ0) is 26.6. The summed E-state index contributed by atoms with van der Waals surface area (Å²) in [4.78, 5) is 22.5. The van der Waals surface area contributed by atoms with Gasteiger partial charge in [-0.25, -0.2) is 4.68 Å². The van der Waals surface area contributed by atoms with Crippen LogP contribution < -0.4 is 24.8 Å². The highest BCUT2D eigenvalue weighted by molar-refractivity contribution is 6.06. The molecular formula is C28H28N6O4. The Morgan fingerprint density at radius 3 is 2.58 bits per heavy atom. The van der Waals surface area contributed by atoms with E-state index in [1.807, 2.05) is 56.3 Å². The molecule has 2 aromatic carbocycles. The first kappa shape index (κ1) is 24.8. The van der Waals surface area contributed by atoms with Crippen LogP contribution in [0.4, 0.5) is 11.6 Å². The first-order valence-electron chi connectivity index (χ1n) is 12.1. The van der Waals surface area contributed by atoms with Gasteiger partial charge in [0.2, 0.25) is 5.95 Å². The van der Waals surface area contributed by atoms with E-state index >= 15 is 0 Å². The molecule has 1 unspecified atom stereocenters. The maximum absolute atomic E-state index is 13.7. The second-order valence-electron chi connectivity index (χ2n) is 8.54. The van der Waals surface area contributed by atoms with Crippen LogP contribution in [0.1, 0.15) is 25.5 Å². The Morgan fingerprint density at radius 1 is 1.08 bits per heavy atom. The zero-order valence-electron chi connectivity index (χ0n) is 21.6. The van der Waals surface area contributed by atoms with Gasteiger partial charge in [-0.3, -0.25) is 9.78 Å². The number of methoxy groups -OCH3 is 2. The Kier molecular flexibility index (Phi) is 6.94. The highest BCUT2D eigenvalue weighted by atomic mass is 16.5. The van der Waals surface area contributed by atoms with Crippen molar-refractivity contribution >= 4 is 17.5 Å². The molecule has 0 radical (unpaired) electrons. The first-order chi connectivity index (χ1) is 18.5. The summed E-state index contributed by atoms with van der Waals surface area (Å²) >= 11 is 0. The van der Waals surface area contributed by atoms with E-state index in [2.05, 4.69) is 15.6 Å². The Morgan fingerprint density at radius 2 is 1.89 bits per heavy atom. The van der Waals surface area contributed by atoms with E-state index < -0.39 is 6.04 Å². The summed E-state index contributed by atoms with van der Waals surface area (Å²) in [5, 5.41) is 11.0. The molecule has 1 atom stereocenters. The van der Waals surface area contributed by atoms with Crippen molar-refractivity contribution in [2.75, 3.05) is 31.5 Å². The molecule has 38 heavy (non-hydrogen) atoms. The van der Waals surface area contributed by atoms with Crippen molar-refractivity contribution in [3.63, 3.8) is 0 Å². The Bertz CT molecular complexity index is 1480. The standard InChI is InChI=1S/C28H28N6O4/c1-5-38-22-13-10-19(15-23(22)37-4)25-24(27(35)31-20-7-6-14-29-16-20)17(2)30-28-32-26(33-34(25)28)18-8-11-21(36-3)12-9-18/h6-16,25H,5H2,1-4H3,(H,31,35)(H,30,32,33). The van der Waals surface area contributed by atoms with Crippen molar-refractivity contribution in [3.05, 3.63) is 83.8 Å². The topological polar surface area (TPSA) is 112 Å². The number of allylic oxidation sites excluding steroid dienone is 1. The maximum atomic E-state index is 13.7. The van der Waals surface area contributed by atoms with E-state index in [1.165, 1.54) is 0 Å². The lowest BCUT2D eigenvalue weighted by molar-refractivity contribution is -0.113. The van der Waals surface area contributed by atoms with Gasteiger partial charge in [-0.15, -0.1) is 5.10 Å². The lowest BCUT2D eigenvalue weighted by atomic mass is 9.94. The predicted octanol–water partition coefficient (Wildman–Crippen LogP) is 4.68. The summed E-state index contributed by atoms with van der Waals surface area (Å²) in [5.74, 6) is 2.66. The second kappa shape index (κ2) is 10.6. The number of amides is 1. The number of hydrogen-bond acceptors (Lipinski definition) is 8. The van der Waals surface area contributed by atoms with Gasteiger partial charge in [-0.1, -0.05) is 6.07 Å². The molecule has 0 saturated carbocycles. The number of pyridine rings is 1. The van der Waals surface area contributed by atoms with E-state index in [-0.39, 0.29) is 5.91 Å². The monoisotopic (exact) mass is 512 g/mol. The first-order valence-corrected chi connectivity index (χ1v) is 12.1. The smallest absolute Gasteiger partial charge is 0.255 e. The van der Waals surface area contributed by atoms with Gasteiger partial charge in [0.1, 0.15) is 11.8 Å². The van der Waals surface area contributed by atoms with Gasteiger partial charge < -0.3 is 24.8 Å². The summed E-state index contributed by atoms with van der Waals surface area (Å²) in [7, 11) is 3.21. The summed E-state index contributed by atoms with van der Waals surface area (Å²) < 4.78 is 18.3. The number of ether oxygens (including phenoxy) is 3. The van der Waals surface area contributed by atoms with Gasteiger partial charge in [-0.05, 0) is 67.9 Å². The molecule has 1 amide bonds. The van der Waals surface area contributed by atoms with Crippen LogP contribution in [0.3, 0.4) is 0 Å². The Hall–Kier alpha value is -4.86. The van der Waals surface area contributed by atoms with Gasteiger partial charge in [-0.2, -0.15) is 4.98 Å². The molecule has 3 heterocycles. The summed E-state index contributed by atoms with van der Waals surface area (Å²) in [6.07, 6.45) is 3.25. The van der Waals surface area contributed by atoms with Crippen molar-refractivity contribution in [3.8, 4) is 28.6 Å². The van der Waals surface area contributed by atoms with Crippen LogP contribution in [0, 0.1) is 0 Å². The average Bonchev–Trinajstić information content (AvgIpc) is 3.37. The molecule has 5 rings (SSSR count). The lowest BCUT2D eigenvalue weighted by Gasteiger charge is -2.29. The van der Waals surface area contributed by atoms with Crippen molar-refractivity contribution in [2.45, 2.75) is 19.9 Å². The van der Waals surface area contributed by atoms with Crippen molar-refractivity contribution in [2.24, 2.45) is 0 Å². The maximum Gasteiger partial charge on any atom is 0.255 e. The Labute approximate surface area is 220 Å². The molecule has 0 saturated heterocycles. The molecule has 4 aromatic rings. The van der Waals surface area contributed by atoms with E-state index in [9.17, 15) is 4.79 Å². The summed E-state index contributed by atoms with van der Waals surface area (Å²) in [6.45, 7) is 4.26.